The molecule has 0 aliphatic heterocycles. The largest absolute Gasteiger partial charge is 0.396 e. The predicted molar refractivity (Wildman–Crippen MR) is 72.3 cm³/mol. The lowest BCUT2D eigenvalue weighted by molar-refractivity contribution is -0.0316. The molecule has 0 spiro atoms. The lowest BCUT2D eigenvalue weighted by Crippen LogP contribution is -2.24. The van der Waals surface area contributed by atoms with Gasteiger partial charge in [-0.2, -0.15) is 0 Å². The minimum Gasteiger partial charge on any atom is -0.396 e. The van der Waals surface area contributed by atoms with Gasteiger partial charge in [0, 0.05) is 13.7 Å². The van der Waals surface area contributed by atoms with Crippen LogP contribution in [-0.4, -0.2) is 64.6 Å². The van der Waals surface area contributed by atoms with Gasteiger partial charge in [-0.05, 0) is 31.6 Å². The van der Waals surface area contributed by atoms with E-state index < -0.39 is 0 Å². The average molecular weight is 276 g/mol. The molecule has 0 unspecified atom stereocenters. The van der Waals surface area contributed by atoms with Crippen molar-refractivity contribution in [3.8, 4) is 0 Å². The van der Waals surface area contributed by atoms with Crippen molar-refractivity contribution in [1.29, 1.82) is 0 Å². The van der Waals surface area contributed by atoms with Crippen molar-refractivity contribution in [2.75, 3.05) is 53.4 Å². The number of aliphatic hydroxyl groups excluding tert-OH is 1. The second-order valence-electron chi connectivity index (χ2n) is 4.91. The van der Waals surface area contributed by atoms with E-state index in [1.807, 2.05) is 0 Å². The van der Waals surface area contributed by atoms with Gasteiger partial charge in [0.25, 0.3) is 0 Å². The molecule has 5 heteroatoms. The van der Waals surface area contributed by atoms with Crippen molar-refractivity contribution < 1.29 is 24.1 Å². The van der Waals surface area contributed by atoms with E-state index >= 15 is 0 Å². The van der Waals surface area contributed by atoms with E-state index in [0.717, 1.165) is 25.7 Å². The lowest BCUT2D eigenvalue weighted by atomic mass is 9.88. The molecule has 114 valence electrons. The van der Waals surface area contributed by atoms with E-state index in [-0.39, 0.29) is 0 Å². The molecule has 0 radical (unpaired) electrons. The number of aliphatic hydroxyl groups is 1. The molecule has 0 amide bonds. The zero-order valence-corrected chi connectivity index (χ0v) is 12.0. The first-order valence-corrected chi connectivity index (χ1v) is 7.23. The Morgan fingerprint density at radius 3 is 2.00 bits per heavy atom. The quantitative estimate of drug-likeness (QED) is 0.575. The smallest absolute Gasteiger partial charge is 0.0704 e. The molecule has 0 aromatic rings. The molecule has 0 aromatic heterocycles. The third-order valence-electron chi connectivity index (χ3n) is 3.44. The summed E-state index contributed by atoms with van der Waals surface area (Å²) < 4.78 is 21.3. The fourth-order valence-corrected chi connectivity index (χ4v) is 2.22. The normalized spacial score (nSPS) is 23.7. The highest BCUT2D eigenvalue weighted by Crippen LogP contribution is 2.25. The Kier molecular flexibility index (Phi) is 10.3. The summed E-state index contributed by atoms with van der Waals surface area (Å²) in [5, 5.41) is 9.05. The van der Waals surface area contributed by atoms with Gasteiger partial charge in [-0.25, -0.2) is 0 Å². The topological polar surface area (TPSA) is 57.2 Å². The number of methoxy groups -OCH3 is 1. The molecule has 1 saturated carbocycles. The third kappa shape index (κ3) is 8.55. The van der Waals surface area contributed by atoms with Crippen molar-refractivity contribution in [3.05, 3.63) is 0 Å². The van der Waals surface area contributed by atoms with E-state index in [1.165, 1.54) is 0 Å². The molecule has 1 N–H and O–H groups in total. The van der Waals surface area contributed by atoms with Gasteiger partial charge >= 0.3 is 0 Å². The molecule has 0 saturated heterocycles. The Balaban J connectivity index is 1.81. The monoisotopic (exact) mass is 276 g/mol. The first kappa shape index (κ1) is 16.9. The molecule has 1 fully saturated rings. The Morgan fingerprint density at radius 1 is 0.842 bits per heavy atom. The molecule has 5 nitrogen and oxygen atoms in total. The summed E-state index contributed by atoms with van der Waals surface area (Å²) in [7, 11) is 1.66. The molecular formula is C14H28O5. The fraction of sp³-hybridized carbons (Fsp3) is 1.00. The maximum Gasteiger partial charge on any atom is 0.0704 e. The van der Waals surface area contributed by atoms with Gasteiger partial charge in [-0.15, -0.1) is 0 Å². The Bertz CT molecular complexity index is 192. The standard InChI is InChI=1S/C14H28O5/c1-16-6-7-17-8-9-18-10-11-19-14-4-2-13(12-15)3-5-14/h13-15H,2-12H2,1H3. The molecule has 0 heterocycles. The Morgan fingerprint density at radius 2 is 1.42 bits per heavy atom. The number of hydrogen-bond acceptors (Lipinski definition) is 5. The number of ether oxygens (including phenoxy) is 4. The fourth-order valence-electron chi connectivity index (χ4n) is 2.22. The van der Waals surface area contributed by atoms with Crippen molar-refractivity contribution in [2.24, 2.45) is 5.92 Å². The summed E-state index contributed by atoms with van der Waals surface area (Å²) in [6.45, 7) is 4.03. The second-order valence-corrected chi connectivity index (χ2v) is 4.91. The van der Waals surface area contributed by atoms with Crippen LogP contribution in [0.4, 0.5) is 0 Å². The van der Waals surface area contributed by atoms with Crippen LogP contribution < -0.4 is 0 Å². The Hall–Kier alpha value is -0.200. The first-order chi connectivity index (χ1) is 9.36. The summed E-state index contributed by atoms with van der Waals surface area (Å²) in [5.74, 6) is 0.486. The van der Waals surface area contributed by atoms with Crippen LogP contribution in [0.2, 0.25) is 0 Å². The van der Waals surface area contributed by atoms with Gasteiger partial charge in [0.15, 0.2) is 0 Å². The second kappa shape index (κ2) is 11.6. The zero-order valence-electron chi connectivity index (χ0n) is 12.0. The van der Waals surface area contributed by atoms with Crippen molar-refractivity contribution in [3.63, 3.8) is 0 Å². The van der Waals surface area contributed by atoms with Gasteiger partial charge in [-0.1, -0.05) is 0 Å². The summed E-state index contributed by atoms with van der Waals surface area (Å²) in [6.07, 6.45) is 4.63. The van der Waals surface area contributed by atoms with Crippen LogP contribution >= 0.6 is 0 Å². The van der Waals surface area contributed by atoms with E-state index in [4.69, 9.17) is 24.1 Å². The minimum atomic E-state index is 0.318. The number of hydrogen-bond donors (Lipinski definition) is 1. The zero-order chi connectivity index (χ0) is 13.8. The van der Waals surface area contributed by atoms with E-state index in [9.17, 15) is 0 Å². The Labute approximate surface area is 116 Å². The average Bonchev–Trinajstić information content (AvgIpc) is 2.46. The van der Waals surface area contributed by atoms with Crippen molar-refractivity contribution in [2.45, 2.75) is 31.8 Å². The van der Waals surface area contributed by atoms with Crippen molar-refractivity contribution in [1.82, 2.24) is 0 Å². The number of rotatable bonds is 11. The highest BCUT2D eigenvalue weighted by atomic mass is 16.6. The van der Waals surface area contributed by atoms with Gasteiger partial charge in [0.1, 0.15) is 0 Å². The SMILES string of the molecule is COCCOCCOCCOC1CCC(CO)CC1. The summed E-state index contributed by atoms with van der Waals surface area (Å²) in [4.78, 5) is 0. The summed E-state index contributed by atoms with van der Waals surface area (Å²) in [6, 6.07) is 0. The molecule has 1 rings (SSSR count). The predicted octanol–water partition coefficient (Wildman–Crippen LogP) is 1.23. The van der Waals surface area contributed by atoms with E-state index in [0.29, 0.717) is 58.3 Å². The van der Waals surface area contributed by atoms with Crippen LogP contribution in [0.15, 0.2) is 0 Å². The van der Waals surface area contributed by atoms with Gasteiger partial charge in [0.05, 0.1) is 45.7 Å². The molecule has 0 atom stereocenters. The highest BCUT2D eigenvalue weighted by molar-refractivity contribution is 4.72. The maximum atomic E-state index is 9.05. The molecular weight excluding hydrogens is 248 g/mol. The molecule has 1 aliphatic rings. The molecule has 19 heavy (non-hydrogen) atoms. The molecule has 0 bridgehead atoms. The molecule has 1 aliphatic carbocycles. The first-order valence-electron chi connectivity index (χ1n) is 7.23. The lowest BCUT2D eigenvalue weighted by Gasteiger charge is -2.27. The van der Waals surface area contributed by atoms with Crippen LogP contribution in [0.25, 0.3) is 0 Å². The van der Waals surface area contributed by atoms with Gasteiger partial charge < -0.3 is 24.1 Å². The van der Waals surface area contributed by atoms with E-state index in [2.05, 4.69) is 0 Å². The van der Waals surface area contributed by atoms with Gasteiger partial charge in [0.2, 0.25) is 0 Å². The van der Waals surface area contributed by atoms with E-state index in [1.54, 1.807) is 7.11 Å². The van der Waals surface area contributed by atoms with Crippen LogP contribution in [0.1, 0.15) is 25.7 Å². The van der Waals surface area contributed by atoms with Crippen LogP contribution in [0.5, 0.6) is 0 Å². The molecule has 0 aromatic carbocycles. The minimum absolute atomic E-state index is 0.318. The van der Waals surface area contributed by atoms with Gasteiger partial charge in [-0.3, -0.25) is 0 Å². The maximum absolute atomic E-state index is 9.05. The van der Waals surface area contributed by atoms with Crippen LogP contribution in [-0.2, 0) is 18.9 Å². The van der Waals surface area contributed by atoms with Crippen LogP contribution in [0, 0.1) is 5.92 Å². The summed E-state index contributed by atoms with van der Waals surface area (Å²) in [5.41, 5.74) is 0. The third-order valence-corrected chi connectivity index (χ3v) is 3.44. The highest BCUT2D eigenvalue weighted by Gasteiger charge is 2.20. The van der Waals surface area contributed by atoms with Crippen LogP contribution in [0.3, 0.4) is 0 Å². The summed E-state index contributed by atoms with van der Waals surface area (Å²) >= 11 is 0. The van der Waals surface area contributed by atoms with Crippen molar-refractivity contribution >= 4 is 0 Å².